The summed E-state index contributed by atoms with van der Waals surface area (Å²) < 4.78 is 16.7. The first kappa shape index (κ1) is 14.1. The summed E-state index contributed by atoms with van der Waals surface area (Å²) in [7, 11) is 0. The van der Waals surface area contributed by atoms with Gasteiger partial charge in [0.2, 0.25) is 0 Å². The van der Waals surface area contributed by atoms with Gasteiger partial charge >= 0.3 is 0 Å². The molecule has 0 aliphatic heterocycles. The van der Waals surface area contributed by atoms with E-state index in [9.17, 15) is 4.39 Å². The Morgan fingerprint density at radius 3 is 2.84 bits per heavy atom. The first-order valence-corrected chi connectivity index (χ1v) is 7.12. The highest BCUT2D eigenvalue weighted by atomic mass is 79.9. The number of anilines is 1. The second-order valence-electron chi connectivity index (χ2n) is 4.52. The fraction of sp³-hybridized carbons (Fsp3) is 0.357. The maximum atomic E-state index is 13.9. The summed E-state index contributed by atoms with van der Waals surface area (Å²) in [4.78, 5) is 4.41. The van der Waals surface area contributed by atoms with Crippen LogP contribution in [0.15, 0.2) is 22.7 Å². The van der Waals surface area contributed by atoms with Crippen molar-refractivity contribution in [1.82, 2.24) is 9.55 Å². The minimum absolute atomic E-state index is 0.310. The lowest BCUT2D eigenvalue weighted by molar-refractivity contribution is 0.622. The first-order chi connectivity index (χ1) is 9.04. The summed E-state index contributed by atoms with van der Waals surface area (Å²) in [5.41, 5.74) is 7.07. The summed E-state index contributed by atoms with van der Waals surface area (Å²) in [5, 5.41) is 0. The Morgan fingerprint density at radius 1 is 1.42 bits per heavy atom. The Hall–Kier alpha value is -1.36. The molecule has 2 aromatic rings. The number of nitrogens with zero attached hydrogens (tertiary/aromatic N) is 2. The van der Waals surface area contributed by atoms with Crippen LogP contribution in [0, 0.1) is 12.7 Å². The van der Waals surface area contributed by atoms with Crippen molar-refractivity contribution in [2.24, 2.45) is 0 Å². The van der Waals surface area contributed by atoms with Crippen molar-refractivity contribution >= 4 is 21.7 Å². The predicted molar refractivity (Wildman–Crippen MR) is 79.4 cm³/mol. The van der Waals surface area contributed by atoms with E-state index in [-0.39, 0.29) is 5.82 Å². The smallest absolute Gasteiger partial charge is 0.132 e. The van der Waals surface area contributed by atoms with Crippen LogP contribution >= 0.6 is 15.9 Å². The molecule has 2 N–H and O–H groups in total. The van der Waals surface area contributed by atoms with E-state index in [1.807, 2.05) is 11.5 Å². The third-order valence-electron chi connectivity index (χ3n) is 3.12. The first-order valence-electron chi connectivity index (χ1n) is 6.32. The number of nitrogens with two attached hydrogens (primary N) is 1. The van der Waals surface area contributed by atoms with Gasteiger partial charge in [0, 0.05) is 16.6 Å². The zero-order chi connectivity index (χ0) is 14.0. The maximum absolute atomic E-state index is 13.9. The number of hydrogen-bond acceptors (Lipinski definition) is 2. The van der Waals surface area contributed by atoms with E-state index < -0.39 is 0 Å². The molecular formula is C14H17BrFN3. The fourth-order valence-electron chi connectivity index (χ4n) is 2.06. The van der Waals surface area contributed by atoms with Gasteiger partial charge in [-0.15, -0.1) is 0 Å². The van der Waals surface area contributed by atoms with Gasteiger partial charge in [0.05, 0.1) is 0 Å². The highest BCUT2D eigenvalue weighted by Gasteiger charge is 2.16. The average molecular weight is 326 g/mol. The van der Waals surface area contributed by atoms with E-state index in [4.69, 9.17) is 5.73 Å². The third kappa shape index (κ3) is 2.81. The second-order valence-corrected chi connectivity index (χ2v) is 5.44. The Bertz CT molecular complexity index is 593. The number of imidazole rings is 1. The quantitative estimate of drug-likeness (QED) is 0.917. The molecule has 0 radical (unpaired) electrons. The number of aryl methyl sites for hydroxylation is 1. The van der Waals surface area contributed by atoms with Crippen molar-refractivity contribution in [1.29, 1.82) is 0 Å². The molecule has 102 valence electrons. The van der Waals surface area contributed by atoms with Crippen LogP contribution in [0.2, 0.25) is 0 Å². The van der Waals surface area contributed by atoms with E-state index in [0.717, 1.165) is 29.7 Å². The average Bonchev–Trinajstić information content (AvgIpc) is 2.66. The van der Waals surface area contributed by atoms with Crippen molar-refractivity contribution in [3.05, 3.63) is 34.3 Å². The molecule has 0 spiro atoms. The van der Waals surface area contributed by atoms with Gasteiger partial charge in [-0.25, -0.2) is 9.37 Å². The molecule has 0 fully saturated rings. The zero-order valence-corrected chi connectivity index (χ0v) is 12.7. The molecule has 1 heterocycles. The van der Waals surface area contributed by atoms with Crippen molar-refractivity contribution in [2.75, 3.05) is 5.73 Å². The highest BCUT2D eigenvalue weighted by molar-refractivity contribution is 9.10. The largest absolute Gasteiger partial charge is 0.383 e. The summed E-state index contributed by atoms with van der Waals surface area (Å²) in [6, 6.07) is 4.78. The predicted octanol–water partition coefficient (Wildman–Crippen LogP) is 4.14. The molecule has 3 nitrogen and oxygen atoms in total. The SMILES string of the molecule is CCCCn1c(C)nc(-c2cc(Br)ccc2F)c1N. The van der Waals surface area contributed by atoms with Gasteiger partial charge in [-0.2, -0.15) is 0 Å². The van der Waals surface area contributed by atoms with Gasteiger partial charge in [0.1, 0.15) is 23.2 Å². The molecule has 1 aromatic heterocycles. The van der Waals surface area contributed by atoms with E-state index in [1.54, 1.807) is 12.1 Å². The summed E-state index contributed by atoms with van der Waals surface area (Å²) in [6.07, 6.45) is 2.11. The maximum Gasteiger partial charge on any atom is 0.132 e. The highest BCUT2D eigenvalue weighted by Crippen LogP contribution is 2.30. The van der Waals surface area contributed by atoms with Crippen LogP contribution in [0.3, 0.4) is 0 Å². The van der Waals surface area contributed by atoms with Crippen molar-refractivity contribution < 1.29 is 4.39 Å². The van der Waals surface area contributed by atoms with Gasteiger partial charge in [-0.1, -0.05) is 29.3 Å². The number of halogens is 2. The van der Waals surface area contributed by atoms with E-state index in [0.29, 0.717) is 17.1 Å². The van der Waals surface area contributed by atoms with E-state index in [1.165, 1.54) is 6.07 Å². The number of unbranched alkanes of at least 4 members (excludes halogenated alkanes) is 1. The van der Waals surface area contributed by atoms with Gasteiger partial charge in [-0.3, -0.25) is 0 Å². The number of hydrogen-bond donors (Lipinski definition) is 1. The molecule has 0 aliphatic rings. The molecule has 19 heavy (non-hydrogen) atoms. The number of rotatable bonds is 4. The second kappa shape index (κ2) is 5.74. The summed E-state index contributed by atoms with van der Waals surface area (Å²) in [6.45, 7) is 4.83. The standard InChI is InChI=1S/C14H17BrFN3/c1-3-4-7-19-9(2)18-13(14(19)17)11-8-10(15)5-6-12(11)16/h5-6,8H,3-4,7,17H2,1-2H3. The lowest BCUT2D eigenvalue weighted by Gasteiger charge is -2.07. The Morgan fingerprint density at radius 2 is 2.16 bits per heavy atom. The van der Waals surface area contributed by atoms with E-state index >= 15 is 0 Å². The van der Waals surface area contributed by atoms with Crippen molar-refractivity contribution in [3.63, 3.8) is 0 Å². The molecule has 1 aromatic carbocycles. The molecule has 0 amide bonds. The monoisotopic (exact) mass is 325 g/mol. The Balaban J connectivity index is 2.48. The minimum Gasteiger partial charge on any atom is -0.383 e. The number of nitrogen functional groups attached to an aromatic ring is 1. The minimum atomic E-state index is -0.310. The molecule has 0 aliphatic carbocycles. The summed E-state index contributed by atoms with van der Waals surface area (Å²) in [5.74, 6) is 1.04. The zero-order valence-electron chi connectivity index (χ0n) is 11.1. The van der Waals surface area contributed by atoms with Crippen LogP contribution in [0.5, 0.6) is 0 Å². The normalized spacial score (nSPS) is 10.9. The van der Waals surface area contributed by atoms with E-state index in [2.05, 4.69) is 27.8 Å². The third-order valence-corrected chi connectivity index (χ3v) is 3.61. The molecule has 0 saturated carbocycles. The van der Waals surface area contributed by atoms with Gasteiger partial charge in [0.15, 0.2) is 0 Å². The van der Waals surface area contributed by atoms with Crippen molar-refractivity contribution in [2.45, 2.75) is 33.2 Å². The fourth-order valence-corrected chi connectivity index (χ4v) is 2.42. The van der Waals surface area contributed by atoms with Gasteiger partial charge < -0.3 is 10.3 Å². The Kier molecular flexibility index (Phi) is 4.24. The van der Waals surface area contributed by atoms with Crippen LogP contribution in [0.4, 0.5) is 10.2 Å². The molecule has 0 saturated heterocycles. The van der Waals surface area contributed by atoms with Gasteiger partial charge in [-0.05, 0) is 31.5 Å². The van der Waals surface area contributed by atoms with Crippen LogP contribution < -0.4 is 5.73 Å². The lowest BCUT2D eigenvalue weighted by Crippen LogP contribution is -2.05. The Labute approximate surface area is 120 Å². The van der Waals surface area contributed by atoms with Crippen LogP contribution in [0.1, 0.15) is 25.6 Å². The van der Waals surface area contributed by atoms with Crippen LogP contribution in [0.25, 0.3) is 11.3 Å². The van der Waals surface area contributed by atoms with Crippen LogP contribution in [-0.2, 0) is 6.54 Å². The topological polar surface area (TPSA) is 43.8 Å². The number of benzene rings is 1. The summed E-state index contributed by atoms with van der Waals surface area (Å²) >= 11 is 3.34. The molecule has 0 bridgehead atoms. The lowest BCUT2D eigenvalue weighted by atomic mass is 10.1. The number of aromatic nitrogens is 2. The van der Waals surface area contributed by atoms with Crippen molar-refractivity contribution in [3.8, 4) is 11.3 Å². The molecule has 0 atom stereocenters. The molecule has 2 rings (SSSR count). The molecule has 5 heteroatoms. The van der Waals surface area contributed by atoms with Gasteiger partial charge in [0.25, 0.3) is 0 Å². The molecular weight excluding hydrogens is 309 g/mol. The van der Waals surface area contributed by atoms with Crippen LogP contribution in [-0.4, -0.2) is 9.55 Å². The molecule has 0 unspecified atom stereocenters.